The van der Waals surface area contributed by atoms with Gasteiger partial charge in [-0.25, -0.2) is 0 Å². The number of carbonyl (C=O) groups excluding carboxylic acids is 1. The van der Waals surface area contributed by atoms with Gasteiger partial charge in [0.25, 0.3) is 5.56 Å². The van der Waals surface area contributed by atoms with Crippen LogP contribution in [0.25, 0.3) is 10.8 Å². The van der Waals surface area contributed by atoms with Crippen LogP contribution in [0.1, 0.15) is 25.7 Å². The molecule has 0 bridgehead atoms. The van der Waals surface area contributed by atoms with Crippen LogP contribution in [0.4, 0.5) is 0 Å². The lowest BCUT2D eigenvalue weighted by atomic mass is 9.90. The zero-order valence-corrected chi connectivity index (χ0v) is 13.7. The SMILES string of the molecule is O=C(Cn1ccc2ccccc2c1=O)N1CCO[C@H]2CCCC[C@H]21. The Kier molecular flexibility index (Phi) is 4.10. The van der Waals surface area contributed by atoms with Gasteiger partial charge < -0.3 is 14.2 Å². The molecule has 24 heavy (non-hydrogen) atoms. The van der Waals surface area contributed by atoms with Crippen molar-refractivity contribution >= 4 is 16.7 Å². The third kappa shape index (κ3) is 2.73. The molecule has 1 aliphatic heterocycles. The quantitative estimate of drug-likeness (QED) is 0.850. The molecule has 1 aromatic heterocycles. The van der Waals surface area contributed by atoms with E-state index in [1.165, 1.54) is 11.0 Å². The Morgan fingerprint density at radius 2 is 2.00 bits per heavy atom. The van der Waals surface area contributed by atoms with Crippen LogP contribution in [0.5, 0.6) is 0 Å². The van der Waals surface area contributed by atoms with Crippen molar-refractivity contribution in [3.8, 4) is 0 Å². The highest BCUT2D eigenvalue weighted by Crippen LogP contribution is 2.28. The summed E-state index contributed by atoms with van der Waals surface area (Å²) in [5.74, 6) is 0.0209. The molecule has 1 aromatic carbocycles. The molecule has 2 aromatic rings. The predicted molar refractivity (Wildman–Crippen MR) is 91.9 cm³/mol. The highest BCUT2D eigenvalue weighted by molar-refractivity contribution is 5.82. The van der Waals surface area contributed by atoms with Gasteiger partial charge in [-0.05, 0) is 30.4 Å². The molecule has 1 saturated heterocycles. The number of aromatic nitrogens is 1. The summed E-state index contributed by atoms with van der Waals surface area (Å²) in [4.78, 5) is 27.4. The maximum absolute atomic E-state index is 12.8. The van der Waals surface area contributed by atoms with E-state index in [1.54, 1.807) is 6.20 Å². The van der Waals surface area contributed by atoms with Crippen LogP contribution in [0.15, 0.2) is 41.3 Å². The van der Waals surface area contributed by atoms with Gasteiger partial charge in [-0.3, -0.25) is 9.59 Å². The molecule has 5 heteroatoms. The summed E-state index contributed by atoms with van der Waals surface area (Å²) in [5.41, 5.74) is -0.102. The number of fused-ring (bicyclic) bond motifs is 2. The molecule has 1 aliphatic carbocycles. The Hall–Kier alpha value is -2.14. The Balaban J connectivity index is 1.57. The number of carbonyl (C=O) groups is 1. The monoisotopic (exact) mass is 326 g/mol. The number of morpholine rings is 1. The van der Waals surface area contributed by atoms with E-state index in [0.29, 0.717) is 18.5 Å². The van der Waals surface area contributed by atoms with Gasteiger partial charge in [0.1, 0.15) is 6.54 Å². The van der Waals surface area contributed by atoms with Gasteiger partial charge in [0.15, 0.2) is 0 Å². The summed E-state index contributed by atoms with van der Waals surface area (Å²) in [6, 6.07) is 9.56. The fourth-order valence-electron chi connectivity index (χ4n) is 4.00. The molecular weight excluding hydrogens is 304 g/mol. The van der Waals surface area contributed by atoms with Crippen molar-refractivity contribution in [2.75, 3.05) is 13.2 Å². The number of benzene rings is 1. The molecule has 4 rings (SSSR count). The number of amides is 1. The van der Waals surface area contributed by atoms with E-state index in [2.05, 4.69) is 0 Å². The highest BCUT2D eigenvalue weighted by atomic mass is 16.5. The molecular formula is C19H22N2O3. The molecule has 2 aliphatic rings. The van der Waals surface area contributed by atoms with Crippen LogP contribution >= 0.6 is 0 Å². The second-order valence-electron chi connectivity index (χ2n) is 6.68. The number of nitrogens with zero attached hydrogens (tertiary/aromatic N) is 2. The minimum absolute atomic E-state index is 0.0209. The molecule has 5 nitrogen and oxygen atoms in total. The van der Waals surface area contributed by atoms with Crippen molar-refractivity contribution in [3.63, 3.8) is 0 Å². The largest absolute Gasteiger partial charge is 0.374 e. The second-order valence-corrected chi connectivity index (χ2v) is 6.68. The van der Waals surface area contributed by atoms with Gasteiger partial charge in [0, 0.05) is 18.1 Å². The number of rotatable bonds is 2. The molecule has 0 unspecified atom stereocenters. The average Bonchev–Trinajstić information content (AvgIpc) is 2.63. The van der Waals surface area contributed by atoms with Crippen molar-refractivity contribution in [2.45, 2.75) is 44.4 Å². The first-order valence-electron chi connectivity index (χ1n) is 8.73. The van der Waals surface area contributed by atoms with Gasteiger partial charge in [0.05, 0.1) is 18.8 Å². The molecule has 2 heterocycles. The van der Waals surface area contributed by atoms with Crippen LogP contribution in [0, 0.1) is 0 Å². The number of hydrogen-bond donors (Lipinski definition) is 0. The van der Waals surface area contributed by atoms with E-state index in [9.17, 15) is 9.59 Å². The average molecular weight is 326 g/mol. The number of ether oxygens (including phenoxy) is 1. The maximum Gasteiger partial charge on any atom is 0.258 e. The summed E-state index contributed by atoms with van der Waals surface area (Å²) in [6.45, 7) is 1.33. The zero-order chi connectivity index (χ0) is 16.5. The first kappa shape index (κ1) is 15.4. The van der Waals surface area contributed by atoms with Gasteiger partial charge in [-0.1, -0.05) is 31.0 Å². The third-order valence-corrected chi connectivity index (χ3v) is 5.24. The Bertz CT molecular complexity index is 812. The third-order valence-electron chi connectivity index (χ3n) is 5.24. The summed E-state index contributed by atoms with van der Waals surface area (Å²) < 4.78 is 7.36. The molecule has 1 amide bonds. The topological polar surface area (TPSA) is 51.5 Å². The van der Waals surface area contributed by atoms with Crippen molar-refractivity contribution in [2.24, 2.45) is 0 Å². The fraction of sp³-hybridized carbons (Fsp3) is 0.474. The van der Waals surface area contributed by atoms with Crippen molar-refractivity contribution in [3.05, 3.63) is 46.9 Å². The van der Waals surface area contributed by atoms with E-state index < -0.39 is 0 Å². The van der Waals surface area contributed by atoms with Gasteiger partial charge in [-0.15, -0.1) is 0 Å². The van der Waals surface area contributed by atoms with E-state index >= 15 is 0 Å². The minimum Gasteiger partial charge on any atom is -0.374 e. The predicted octanol–water partition coefficient (Wildman–Crippen LogP) is 2.17. The maximum atomic E-state index is 12.8. The molecule has 0 N–H and O–H groups in total. The summed E-state index contributed by atoms with van der Waals surface area (Å²) in [6.07, 6.45) is 6.25. The summed E-state index contributed by atoms with van der Waals surface area (Å²) in [5, 5.41) is 1.57. The van der Waals surface area contributed by atoms with Gasteiger partial charge in [0.2, 0.25) is 5.91 Å². The van der Waals surface area contributed by atoms with Crippen molar-refractivity contribution in [1.82, 2.24) is 9.47 Å². The molecule has 0 radical (unpaired) electrons. The highest BCUT2D eigenvalue weighted by Gasteiger charge is 2.36. The fourth-order valence-corrected chi connectivity index (χ4v) is 4.00. The molecule has 126 valence electrons. The first-order valence-corrected chi connectivity index (χ1v) is 8.73. The number of hydrogen-bond acceptors (Lipinski definition) is 3. The smallest absolute Gasteiger partial charge is 0.258 e. The van der Waals surface area contributed by atoms with Crippen molar-refractivity contribution in [1.29, 1.82) is 0 Å². The second kappa shape index (κ2) is 6.40. The standard InChI is InChI=1S/C19H22N2O3/c22-18(21-11-12-24-17-8-4-3-7-16(17)21)13-20-10-9-14-5-1-2-6-15(14)19(20)23/h1-2,5-6,9-10,16-17H,3-4,7-8,11-13H2/t16-,17+/m1/s1. The van der Waals surface area contributed by atoms with Crippen LogP contribution in [0.2, 0.25) is 0 Å². The summed E-state index contributed by atoms with van der Waals surface area (Å²) >= 11 is 0. The van der Waals surface area contributed by atoms with Crippen LogP contribution < -0.4 is 5.56 Å². The Morgan fingerprint density at radius 1 is 1.17 bits per heavy atom. The van der Waals surface area contributed by atoms with E-state index in [0.717, 1.165) is 24.6 Å². The number of pyridine rings is 1. The molecule has 2 fully saturated rings. The first-order chi connectivity index (χ1) is 11.7. The van der Waals surface area contributed by atoms with Gasteiger partial charge >= 0.3 is 0 Å². The minimum atomic E-state index is -0.102. The zero-order valence-electron chi connectivity index (χ0n) is 13.7. The van der Waals surface area contributed by atoms with Crippen LogP contribution in [-0.2, 0) is 16.1 Å². The Morgan fingerprint density at radius 3 is 2.92 bits per heavy atom. The lowest BCUT2D eigenvalue weighted by Gasteiger charge is -2.43. The lowest BCUT2D eigenvalue weighted by molar-refractivity contribution is -0.150. The van der Waals surface area contributed by atoms with Crippen LogP contribution in [0.3, 0.4) is 0 Å². The molecule has 0 spiro atoms. The molecule has 2 atom stereocenters. The van der Waals surface area contributed by atoms with E-state index in [4.69, 9.17) is 4.74 Å². The lowest BCUT2D eigenvalue weighted by Crippen LogP contribution is -2.55. The summed E-state index contributed by atoms with van der Waals surface area (Å²) in [7, 11) is 0. The van der Waals surface area contributed by atoms with E-state index in [1.807, 2.05) is 35.2 Å². The van der Waals surface area contributed by atoms with Crippen LogP contribution in [-0.4, -0.2) is 40.7 Å². The van der Waals surface area contributed by atoms with E-state index in [-0.39, 0.29) is 30.2 Å². The normalized spacial score (nSPS) is 23.9. The molecule has 1 saturated carbocycles. The van der Waals surface area contributed by atoms with Crippen molar-refractivity contribution < 1.29 is 9.53 Å². The van der Waals surface area contributed by atoms with Gasteiger partial charge in [-0.2, -0.15) is 0 Å². The Labute approximate surface area is 140 Å².